The standard InChI is InChI=1S/C28H26N2O6S2/c1-3-36-18-10-12(4-9-17(18)31)19-20-15-11-16(23(20)37-25-24(19)38-28(34)29-25)22-21(15)26(32)30(27(22)33)13-5-7-14(35-2)8-6-13/h4-10,15-16,19-23,31H,3,11H2,1-2H3,(H,29,34)/t15-,16-,19?,20?,21?,22?,23?/m1/s1. The van der Waals surface area contributed by atoms with Crippen LogP contribution in [-0.4, -0.2) is 40.9 Å². The molecule has 2 N–H and O–H groups in total. The number of phenolic OH excluding ortho intramolecular Hbond substituents is 1. The van der Waals surface area contributed by atoms with Crippen molar-refractivity contribution >= 4 is 40.6 Å². The maximum atomic E-state index is 13.9. The quantitative estimate of drug-likeness (QED) is 0.458. The van der Waals surface area contributed by atoms with Gasteiger partial charge in [-0.25, -0.2) is 0 Å². The lowest BCUT2D eigenvalue weighted by Crippen LogP contribution is -2.42. The molecular weight excluding hydrogens is 524 g/mol. The topological polar surface area (TPSA) is 109 Å². The van der Waals surface area contributed by atoms with Crippen molar-refractivity contribution in [2.24, 2.45) is 29.6 Å². The van der Waals surface area contributed by atoms with Gasteiger partial charge in [0.05, 0.1) is 36.3 Å². The number of hydrogen-bond donors (Lipinski definition) is 2. The summed E-state index contributed by atoms with van der Waals surface area (Å²) in [6.45, 7) is 2.28. The number of nitrogens with zero attached hydrogens (tertiary/aromatic N) is 1. The van der Waals surface area contributed by atoms with E-state index in [4.69, 9.17) is 9.47 Å². The summed E-state index contributed by atoms with van der Waals surface area (Å²) < 4.78 is 10.9. The van der Waals surface area contributed by atoms with Crippen molar-refractivity contribution < 1.29 is 24.2 Å². The summed E-state index contributed by atoms with van der Waals surface area (Å²) >= 11 is 2.87. The van der Waals surface area contributed by atoms with Gasteiger partial charge in [0.25, 0.3) is 0 Å². The monoisotopic (exact) mass is 550 g/mol. The Morgan fingerprint density at radius 2 is 1.79 bits per heavy atom. The van der Waals surface area contributed by atoms with Crippen LogP contribution in [0, 0.1) is 29.6 Å². The molecule has 4 aliphatic rings. The first kappa shape index (κ1) is 23.8. The number of carbonyl (C=O) groups is 2. The predicted molar refractivity (Wildman–Crippen MR) is 143 cm³/mol. The van der Waals surface area contributed by atoms with Crippen LogP contribution in [0.25, 0.3) is 0 Å². The van der Waals surface area contributed by atoms with Crippen LogP contribution in [0.3, 0.4) is 0 Å². The van der Waals surface area contributed by atoms with E-state index in [-0.39, 0.29) is 63.2 Å². The smallest absolute Gasteiger partial charge is 0.305 e. The fraction of sp³-hybridized carbons (Fsp3) is 0.393. The van der Waals surface area contributed by atoms with Gasteiger partial charge in [0, 0.05) is 16.0 Å². The molecule has 0 spiro atoms. The van der Waals surface area contributed by atoms with E-state index in [9.17, 15) is 19.5 Å². The number of aromatic hydroxyl groups is 1. The first-order chi connectivity index (χ1) is 18.4. The Bertz CT molecular complexity index is 1510. The van der Waals surface area contributed by atoms with Crippen molar-refractivity contribution in [3.63, 3.8) is 0 Å². The largest absolute Gasteiger partial charge is 0.504 e. The molecule has 8 nitrogen and oxygen atoms in total. The molecule has 2 aliphatic heterocycles. The Hall–Kier alpha value is -3.24. The van der Waals surface area contributed by atoms with Gasteiger partial charge < -0.3 is 19.6 Å². The Balaban J connectivity index is 1.30. The number of ether oxygens (including phenoxy) is 2. The molecule has 3 fully saturated rings. The molecule has 5 unspecified atom stereocenters. The van der Waals surface area contributed by atoms with Gasteiger partial charge in [-0.2, -0.15) is 0 Å². The second kappa shape index (κ2) is 8.64. The molecule has 2 bridgehead atoms. The number of nitrogens with one attached hydrogen (secondary N) is 1. The van der Waals surface area contributed by atoms with Gasteiger partial charge in [0.15, 0.2) is 11.5 Å². The number of phenols is 1. The van der Waals surface area contributed by atoms with Crippen LogP contribution in [0.2, 0.25) is 0 Å². The zero-order valence-electron chi connectivity index (χ0n) is 20.7. The number of benzene rings is 2. The van der Waals surface area contributed by atoms with E-state index in [0.29, 0.717) is 23.8 Å². The molecule has 2 amide bonds. The fourth-order valence-electron chi connectivity index (χ4n) is 7.37. The number of amides is 2. The number of fused-ring (bicyclic) bond motifs is 9. The lowest BCUT2D eigenvalue weighted by atomic mass is 9.68. The molecule has 2 aliphatic carbocycles. The maximum absolute atomic E-state index is 13.9. The molecule has 38 heavy (non-hydrogen) atoms. The molecule has 7 rings (SSSR count). The molecule has 0 radical (unpaired) electrons. The highest BCUT2D eigenvalue weighted by atomic mass is 32.2. The van der Waals surface area contributed by atoms with Crippen LogP contribution in [0.4, 0.5) is 5.69 Å². The first-order valence-corrected chi connectivity index (χ1v) is 14.5. The highest BCUT2D eigenvalue weighted by molar-refractivity contribution is 8.00. The summed E-state index contributed by atoms with van der Waals surface area (Å²) in [4.78, 5) is 45.3. The third-order valence-electron chi connectivity index (χ3n) is 8.70. The summed E-state index contributed by atoms with van der Waals surface area (Å²) in [5.74, 6) is 0.167. The summed E-state index contributed by atoms with van der Waals surface area (Å²) in [5.41, 5.74) is 1.52. The molecule has 1 aromatic heterocycles. The van der Waals surface area contributed by atoms with Gasteiger partial charge in [0.1, 0.15) is 5.75 Å². The van der Waals surface area contributed by atoms with Crippen LogP contribution in [0.1, 0.15) is 29.7 Å². The average molecular weight is 551 g/mol. The number of carbonyl (C=O) groups excluding carboxylic acids is 2. The van der Waals surface area contributed by atoms with Gasteiger partial charge in [-0.3, -0.25) is 19.3 Å². The molecular formula is C28H26N2O6S2. The molecule has 1 saturated heterocycles. The SMILES string of the molecule is CCOc1cc(C2c3sc(=O)[nH]c3SC3C2[C@H]2C[C@@H]3C3C(=O)N(c4ccc(OC)cc4)C(=O)C32)ccc1O. The van der Waals surface area contributed by atoms with Crippen LogP contribution in [-0.2, 0) is 9.59 Å². The molecule has 10 heteroatoms. The zero-order chi connectivity index (χ0) is 26.3. The van der Waals surface area contributed by atoms with Gasteiger partial charge in [-0.05, 0) is 73.1 Å². The van der Waals surface area contributed by atoms with E-state index >= 15 is 0 Å². The summed E-state index contributed by atoms with van der Waals surface area (Å²) in [6, 6.07) is 12.4. The van der Waals surface area contributed by atoms with E-state index in [2.05, 4.69) is 4.98 Å². The van der Waals surface area contributed by atoms with Gasteiger partial charge in [0.2, 0.25) is 11.8 Å². The van der Waals surface area contributed by atoms with Crippen molar-refractivity contribution in [2.75, 3.05) is 18.6 Å². The predicted octanol–water partition coefficient (Wildman–Crippen LogP) is 4.23. The van der Waals surface area contributed by atoms with Crippen LogP contribution < -0.4 is 19.2 Å². The third kappa shape index (κ3) is 3.25. The number of thiazole rings is 1. The highest BCUT2D eigenvalue weighted by Crippen LogP contribution is 2.68. The van der Waals surface area contributed by atoms with E-state index in [1.54, 1.807) is 49.2 Å². The third-order valence-corrected chi connectivity index (χ3v) is 11.3. The minimum atomic E-state index is -0.375. The van der Waals surface area contributed by atoms with Gasteiger partial charge in [-0.1, -0.05) is 17.4 Å². The number of aromatic nitrogens is 1. The van der Waals surface area contributed by atoms with Gasteiger partial charge in [-0.15, -0.1) is 11.8 Å². The Morgan fingerprint density at radius 1 is 1.05 bits per heavy atom. The van der Waals surface area contributed by atoms with Crippen LogP contribution in [0.15, 0.2) is 52.3 Å². The number of anilines is 1. The first-order valence-electron chi connectivity index (χ1n) is 12.8. The fourth-order valence-corrected chi connectivity index (χ4v) is 10.3. The number of thioether (sulfide) groups is 1. The van der Waals surface area contributed by atoms with Gasteiger partial charge >= 0.3 is 4.87 Å². The minimum absolute atomic E-state index is 0.0156. The van der Waals surface area contributed by atoms with E-state index in [0.717, 1.165) is 21.9 Å². The lowest BCUT2D eigenvalue weighted by Gasteiger charge is -2.43. The number of aromatic amines is 1. The van der Waals surface area contributed by atoms with Crippen molar-refractivity contribution in [3.05, 3.63) is 62.6 Å². The Kier molecular flexibility index (Phi) is 5.42. The normalized spacial score (nSPS) is 30.8. The summed E-state index contributed by atoms with van der Waals surface area (Å²) in [6.07, 6.45) is 0.817. The molecule has 2 saturated carbocycles. The van der Waals surface area contributed by atoms with Crippen molar-refractivity contribution in [1.82, 2.24) is 4.98 Å². The maximum Gasteiger partial charge on any atom is 0.305 e. The van der Waals surface area contributed by atoms with Crippen molar-refractivity contribution in [3.8, 4) is 17.2 Å². The molecule has 3 aromatic rings. The van der Waals surface area contributed by atoms with E-state index < -0.39 is 0 Å². The number of rotatable bonds is 5. The molecule has 2 aromatic carbocycles. The lowest BCUT2D eigenvalue weighted by molar-refractivity contribution is -0.123. The number of imide groups is 1. The Morgan fingerprint density at radius 3 is 2.50 bits per heavy atom. The van der Waals surface area contributed by atoms with E-state index in [1.807, 2.05) is 19.1 Å². The number of methoxy groups -OCH3 is 1. The molecule has 7 atom stereocenters. The van der Waals surface area contributed by atoms with Crippen molar-refractivity contribution in [2.45, 2.75) is 29.5 Å². The highest BCUT2D eigenvalue weighted by Gasteiger charge is 2.69. The second-order valence-electron chi connectivity index (χ2n) is 10.3. The van der Waals surface area contributed by atoms with Crippen LogP contribution >= 0.6 is 23.1 Å². The van der Waals surface area contributed by atoms with Crippen LogP contribution in [0.5, 0.6) is 17.2 Å². The van der Waals surface area contributed by atoms with E-state index in [1.165, 1.54) is 16.2 Å². The summed E-state index contributed by atoms with van der Waals surface area (Å²) in [5, 5.41) is 11.3. The number of H-pyrrole nitrogens is 1. The Labute approximate surface area is 227 Å². The molecule has 3 heterocycles. The number of hydrogen-bond acceptors (Lipinski definition) is 8. The average Bonchev–Trinajstić information content (AvgIpc) is 3.64. The second-order valence-corrected chi connectivity index (χ2v) is 12.5. The van der Waals surface area contributed by atoms with Crippen molar-refractivity contribution in [1.29, 1.82) is 0 Å². The zero-order valence-corrected chi connectivity index (χ0v) is 22.4. The minimum Gasteiger partial charge on any atom is -0.504 e. The summed E-state index contributed by atoms with van der Waals surface area (Å²) in [7, 11) is 1.58. The molecule has 196 valence electrons.